The summed E-state index contributed by atoms with van der Waals surface area (Å²) in [7, 11) is 0. The van der Waals surface area contributed by atoms with E-state index in [0.29, 0.717) is 39.0 Å². The van der Waals surface area contributed by atoms with Gasteiger partial charge < -0.3 is 10.6 Å². The van der Waals surface area contributed by atoms with Gasteiger partial charge in [-0.1, -0.05) is 60.7 Å². The van der Waals surface area contributed by atoms with Gasteiger partial charge in [-0.15, -0.1) is 0 Å². The Hall–Kier alpha value is -3.28. The van der Waals surface area contributed by atoms with Crippen molar-refractivity contribution in [3.05, 3.63) is 71.8 Å². The molecule has 0 atom stereocenters. The average molecular weight is 378 g/mol. The second-order valence-electron chi connectivity index (χ2n) is 6.09. The van der Waals surface area contributed by atoms with Gasteiger partial charge in [0.2, 0.25) is 11.8 Å². The molecule has 0 saturated carbocycles. The molecule has 146 valence electrons. The van der Waals surface area contributed by atoms with Crippen molar-refractivity contribution in [3.8, 4) is 0 Å². The van der Waals surface area contributed by atoms with Crippen LogP contribution in [0.2, 0.25) is 0 Å². The lowest BCUT2D eigenvalue weighted by atomic mass is 10.2. The molecule has 0 fully saturated rings. The van der Waals surface area contributed by atoms with Crippen LogP contribution in [0.25, 0.3) is 0 Å². The van der Waals surface area contributed by atoms with Gasteiger partial charge in [0.25, 0.3) is 0 Å². The predicted molar refractivity (Wildman–Crippen MR) is 113 cm³/mol. The summed E-state index contributed by atoms with van der Waals surface area (Å²) in [5.41, 5.74) is 2.03. The van der Waals surface area contributed by atoms with Crippen LogP contribution in [-0.2, 0) is 9.59 Å². The van der Waals surface area contributed by atoms with Crippen LogP contribution in [0.15, 0.2) is 70.6 Å². The zero-order chi connectivity index (χ0) is 19.9. The Morgan fingerprint density at radius 2 is 1.07 bits per heavy atom. The van der Waals surface area contributed by atoms with Crippen LogP contribution in [-0.4, -0.2) is 50.4 Å². The third kappa shape index (κ3) is 9.43. The van der Waals surface area contributed by atoms with Crippen molar-refractivity contribution in [2.45, 2.75) is 12.8 Å². The third-order valence-corrected chi connectivity index (χ3v) is 3.79. The molecule has 0 saturated heterocycles. The number of hydrogen-bond acceptors (Lipinski definition) is 4. The van der Waals surface area contributed by atoms with E-state index in [1.807, 2.05) is 60.7 Å². The Balaban J connectivity index is 1.48. The third-order valence-electron chi connectivity index (χ3n) is 3.79. The van der Waals surface area contributed by atoms with Crippen LogP contribution in [0.4, 0.5) is 0 Å². The zero-order valence-electron chi connectivity index (χ0n) is 15.9. The molecule has 28 heavy (non-hydrogen) atoms. The Kier molecular flexibility index (Phi) is 9.74. The summed E-state index contributed by atoms with van der Waals surface area (Å²) in [6.45, 7) is 1.68. The minimum absolute atomic E-state index is 0.0769. The lowest BCUT2D eigenvalue weighted by Crippen LogP contribution is -2.35. The molecular weight excluding hydrogens is 352 g/mol. The van der Waals surface area contributed by atoms with Gasteiger partial charge in [0.15, 0.2) is 0 Å². The van der Waals surface area contributed by atoms with Crippen molar-refractivity contribution in [2.24, 2.45) is 9.98 Å². The van der Waals surface area contributed by atoms with Gasteiger partial charge in [0, 0.05) is 51.4 Å². The first-order chi connectivity index (χ1) is 13.7. The molecule has 0 spiro atoms. The highest BCUT2D eigenvalue weighted by molar-refractivity contribution is 5.81. The van der Waals surface area contributed by atoms with E-state index in [1.165, 1.54) is 0 Å². The average Bonchev–Trinajstić information content (AvgIpc) is 2.73. The molecule has 0 aliphatic rings. The number of nitrogens with one attached hydrogen (secondary N) is 2. The highest BCUT2D eigenvalue weighted by Crippen LogP contribution is 1.95. The van der Waals surface area contributed by atoms with Crippen LogP contribution in [0.1, 0.15) is 24.0 Å². The maximum absolute atomic E-state index is 11.7. The number of rotatable bonds is 11. The minimum atomic E-state index is -0.0769. The van der Waals surface area contributed by atoms with E-state index in [0.717, 1.165) is 11.1 Å². The van der Waals surface area contributed by atoms with Crippen molar-refractivity contribution in [3.63, 3.8) is 0 Å². The van der Waals surface area contributed by atoms with Gasteiger partial charge in [0.1, 0.15) is 0 Å². The second kappa shape index (κ2) is 13.0. The Bertz CT molecular complexity index is 706. The SMILES string of the molecule is O=C(CCN=Cc1ccccc1)NCCNC(=O)CCN=Cc1ccccc1. The van der Waals surface area contributed by atoms with Crippen LogP contribution < -0.4 is 10.6 Å². The molecule has 2 rings (SSSR count). The summed E-state index contributed by atoms with van der Waals surface area (Å²) >= 11 is 0. The number of nitrogens with zero attached hydrogens (tertiary/aromatic N) is 2. The van der Waals surface area contributed by atoms with Gasteiger partial charge >= 0.3 is 0 Å². The van der Waals surface area contributed by atoms with E-state index in [-0.39, 0.29) is 11.8 Å². The van der Waals surface area contributed by atoms with Gasteiger partial charge in [-0.05, 0) is 11.1 Å². The van der Waals surface area contributed by atoms with Crippen LogP contribution in [0, 0.1) is 0 Å². The van der Waals surface area contributed by atoms with Gasteiger partial charge in [-0.2, -0.15) is 0 Å². The molecule has 0 bridgehead atoms. The fourth-order valence-electron chi connectivity index (χ4n) is 2.33. The summed E-state index contributed by atoms with van der Waals surface area (Å²) in [5, 5.41) is 5.54. The van der Waals surface area contributed by atoms with E-state index < -0.39 is 0 Å². The Morgan fingerprint density at radius 3 is 1.46 bits per heavy atom. The quantitative estimate of drug-likeness (QED) is 0.464. The molecule has 6 heteroatoms. The summed E-state index contributed by atoms with van der Waals surface area (Å²) in [5.74, 6) is -0.154. The largest absolute Gasteiger partial charge is 0.354 e. The second-order valence-corrected chi connectivity index (χ2v) is 6.09. The maximum Gasteiger partial charge on any atom is 0.221 e. The molecule has 2 amide bonds. The smallest absolute Gasteiger partial charge is 0.221 e. The standard InChI is InChI=1S/C22H26N4O2/c27-21(11-13-23-17-19-7-3-1-4-8-19)25-15-16-26-22(28)12-14-24-18-20-9-5-2-6-10-20/h1-10,17-18H,11-16H2,(H,25,27)(H,26,28). The van der Waals surface area contributed by atoms with E-state index in [9.17, 15) is 9.59 Å². The first kappa shape index (κ1) is 21.0. The van der Waals surface area contributed by atoms with Gasteiger partial charge in [-0.25, -0.2) is 0 Å². The number of amides is 2. The summed E-state index contributed by atoms with van der Waals surface area (Å²) in [6, 6.07) is 19.5. The van der Waals surface area contributed by atoms with Crippen molar-refractivity contribution >= 4 is 24.2 Å². The molecule has 0 aliphatic carbocycles. The highest BCUT2D eigenvalue weighted by Gasteiger charge is 2.01. The van der Waals surface area contributed by atoms with Crippen LogP contribution in [0.5, 0.6) is 0 Å². The summed E-state index contributed by atoms with van der Waals surface area (Å²) in [6.07, 6.45) is 4.17. The van der Waals surface area contributed by atoms with Crippen LogP contribution in [0.3, 0.4) is 0 Å². The topological polar surface area (TPSA) is 82.9 Å². The van der Waals surface area contributed by atoms with Crippen molar-refractivity contribution in [2.75, 3.05) is 26.2 Å². The first-order valence-corrected chi connectivity index (χ1v) is 9.37. The molecular formula is C22H26N4O2. The van der Waals surface area contributed by atoms with Crippen molar-refractivity contribution in [1.82, 2.24) is 10.6 Å². The Labute approximate surface area is 165 Å². The van der Waals surface area contributed by atoms with Crippen LogP contribution >= 0.6 is 0 Å². The van der Waals surface area contributed by atoms with E-state index >= 15 is 0 Å². The monoisotopic (exact) mass is 378 g/mol. The lowest BCUT2D eigenvalue weighted by Gasteiger charge is -2.06. The minimum Gasteiger partial charge on any atom is -0.354 e. The molecule has 0 radical (unpaired) electrons. The van der Waals surface area contributed by atoms with E-state index in [2.05, 4.69) is 20.6 Å². The van der Waals surface area contributed by atoms with Crippen molar-refractivity contribution < 1.29 is 9.59 Å². The number of benzene rings is 2. The zero-order valence-corrected chi connectivity index (χ0v) is 15.9. The number of carbonyl (C=O) groups excluding carboxylic acids is 2. The number of carbonyl (C=O) groups is 2. The van der Waals surface area contributed by atoms with Crippen molar-refractivity contribution in [1.29, 1.82) is 0 Å². The molecule has 0 heterocycles. The Morgan fingerprint density at radius 1 is 0.679 bits per heavy atom. The molecule has 2 aromatic carbocycles. The molecule has 2 aromatic rings. The van der Waals surface area contributed by atoms with E-state index in [1.54, 1.807) is 12.4 Å². The summed E-state index contributed by atoms with van der Waals surface area (Å²) in [4.78, 5) is 31.9. The molecule has 0 unspecified atom stereocenters. The maximum atomic E-state index is 11.7. The normalized spacial score (nSPS) is 11.0. The molecule has 2 N–H and O–H groups in total. The van der Waals surface area contributed by atoms with Gasteiger partial charge in [-0.3, -0.25) is 19.6 Å². The summed E-state index contributed by atoms with van der Waals surface area (Å²) < 4.78 is 0. The molecule has 0 aromatic heterocycles. The predicted octanol–water partition coefficient (Wildman–Crippen LogP) is 2.24. The van der Waals surface area contributed by atoms with E-state index in [4.69, 9.17) is 0 Å². The molecule has 0 aliphatic heterocycles. The fraction of sp³-hybridized carbons (Fsp3) is 0.273. The highest BCUT2D eigenvalue weighted by atomic mass is 16.2. The number of hydrogen-bond donors (Lipinski definition) is 2. The lowest BCUT2D eigenvalue weighted by molar-refractivity contribution is -0.122. The fourth-order valence-corrected chi connectivity index (χ4v) is 2.33. The molecule has 6 nitrogen and oxygen atoms in total. The number of aliphatic imine (C=N–C) groups is 2. The first-order valence-electron chi connectivity index (χ1n) is 9.37. The van der Waals surface area contributed by atoms with Gasteiger partial charge in [0.05, 0.1) is 0 Å².